The van der Waals surface area contributed by atoms with Gasteiger partial charge >= 0.3 is 6.09 Å². The van der Waals surface area contributed by atoms with Gasteiger partial charge in [-0.2, -0.15) is 0 Å². The molecule has 1 aliphatic carbocycles. The van der Waals surface area contributed by atoms with Crippen molar-refractivity contribution in [2.45, 2.75) is 81.3 Å². The van der Waals surface area contributed by atoms with Crippen molar-refractivity contribution in [3.8, 4) is 0 Å². The van der Waals surface area contributed by atoms with Gasteiger partial charge in [-0.15, -0.1) is 0 Å². The zero-order chi connectivity index (χ0) is 29.2. The highest BCUT2D eigenvalue weighted by Crippen LogP contribution is 2.31. The molecule has 2 aromatic carbocycles. The van der Waals surface area contributed by atoms with Crippen molar-refractivity contribution in [2.75, 3.05) is 6.54 Å². The molecule has 3 N–H and O–H groups in total. The van der Waals surface area contributed by atoms with Crippen LogP contribution in [0.1, 0.15) is 30.4 Å². The van der Waals surface area contributed by atoms with Gasteiger partial charge in [0, 0.05) is 16.4 Å². The fourth-order valence-corrected chi connectivity index (χ4v) is 5.02. The Balaban J connectivity index is 1.45. The van der Waals surface area contributed by atoms with E-state index in [0.29, 0.717) is 6.42 Å². The third-order valence-electron chi connectivity index (χ3n) is 7.16. The number of carbonyl (C=O) groups is 1. The van der Waals surface area contributed by atoms with E-state index in [1.165, 1.54) is 4.90 Å². The van der Waals surface area contributed by atoms with Crippen LogP contribution in [0.25, 0.3) is 20.9 Å². The maximum absolute atomic E-state index is 13.2. The average molecular weight is 568 g/mol. The molecule has 218 valence electrons. The van der Waals surface area contributed by atoms with Crippen molar-refractivity contribution in [2.24, 2.45) is 10.2 Å². The Bertz CT molecular complexity index is 1230. The first kappa shape index (κ1) is 30.1. The largest absolute Gasteiger partial charge is 0.445 e. The molecule has 2 aromatic rings. The molecule has 14 nitrogen and oxygen atoms in total. The van der Waals surface area contributed by atoms with Gasteiger partial charge in [-0.25, -0.2) is 4.79 Å². The fraction of sp³-hybridized carbons (Fsp3) is 0.519. The third kappa shape index (κ3) is 8.09. The van der Waals surface area contributed by atoms with E-state index in [9.17, 15) is 20.1 Å². The molecule has 1 saturated carbocycles. The number of aliphatic hydroxyl groups excluding tert-OH is 3. The lowest BCUT2D eigenvalue weighted by Gasteiger charge is -2.43. The molecule has 0 spiro atoms. The first-order chi connectivity index (χ1) is 19.9. The summed E-state index contributed by atoms with van der Waals surface area (Å²) in [5.41, 5.74) is 19.5. The average Bonchev–Trinajstić information content (AvgIpc) is 2.99. The smallest absolute Gasteiger partial charge is 0.410 e. The molecule has 0 aromatic heterocycles. The summed E-state index contributed by atoms with van der Waals surface area (Å²) in [6.07, 6.45) is -7.09. The minimum atomic E-state index is -1.58. The highest BCUT2D eigenvalue weighted by atomic mass is 16.7. The summed E-state index contributed by atoms with van der Waals surface area (Å²) < 4.78 is 17.5. The van der Waals surface area contributed by atoms with Gasteiger partial charge < -0.3 is 34.4 Å². The molecule has 14 heteroatoms. The van der Waals surface area contributed by atoms with Crippen molar-refractivity contribution in [1.82, 2.24) is 4.90 Å². The van der Waals surface area contributed by atoms with E-state index in [1.54, 1.807) is 0 Å². The number of nitrogens with zero attached hydrogens (tertiary/aromatic N) is 7. The highest BCUT2D eigenvalue weighted by molar-refractivity contribution is 5.67. The number of hydrogen-bond acceptors (Lipinski definition) is 9. The van der Waals surface area contributed by atoms with Crippen LogP contribution >= 0.6 is 0 Å². The summed E-state index contributed by atoms with van der Waals surface area (Å²) in [5.74, 6) is 0. The topological polar surface area (TPSA) is 206 Å². The van der Waals surface area contributed by atoms with Crippen LogP contribution in [-0.4, -0.2) is 81.8 Å². The van der Waals surface area contributed by atoms with E-state index in [-0.39, 0.29) is 32.5 Å². The van der Waals surface area contributed by atoms with Crippen LogP contribution < -0.4 is 0 Å². The summed E-state index contributed by atoms with van der Waals surface area (Å²) >= 11 is 0. The molecule has 2 fully saturated rings. The van der Waals surface area contributed by atoms with E-state index in [2.05, 4.69) is 20.1 Å². The van der Waals surface area contributed by atoms with Gasteiger partial charge in [0.15, 0.2) is 6.29 Å². The number of carbonyl (C=O) groups excluding carboxylic acids is 1. The first-order valence-electron chi connectivity index (χ1n) is 13.3. The first-order valence-corrected chi connectivity index (χ1v) is 13.3. The van der Waals surface area contributed by atoms with Gasteiger partial charge in [0.2, 0.25) is 0 Å². The Hall–Kier alpha value is -3.87. The SMILES string of the molecule is [N-]=[N+]=N[C@H]1C[C@@H](N=[N+]=[N-])[C@H](O)[C@@H](O)[C@@H]1OC1O[C@H](CN(Cc2ccccc2)C(=O)OCc2ccccc2)CC[C@H]1O. The summed E-state index contributed by atoms with van der Waals surface area (Å²) in [5, 5.41) is 38.9. The van der Waals surface area contributed by atoms with Gasteiger partial charge in [0.05, 0.1) is 36.9 Å². The molecule has 0 radical (unpaired) electrons. The maximum Gasteiger partial charge on any atom is 0.410 e. The van der Waals surface area contributed by atoms with Crippen LogP contribution in [0.3, 0.4) is 0 Å². The van der Waals surface area contributed by atoms with Crippen LogP contribution in [0.5, 0.6) is 0 Å². The molecule has 1 amide bonds. The summed E-state index contributed by atoms with van der Waals surface area (Å²) in [7, 11) is 0. The molecule has 1 saturated heterocycles. The second kappa shape index (κ2) is 14.7. The van der Waals surface area contributed by atoms with Gasteiger partial charge in [-0.05, 0) is 41.5 Å². The standard InChI is InChI=1S/C27H33N7O7/c28-32-30-20-13-21(31-33-29)25(24(37)23(20)36)41-26-22(35)12-11-19(40-26)15-34(14-17-7-3-1-4-8-17)27(38)39-16-18-9-5-2-6-10-18/h1-10,19-26,35-37H,11-16H2/t19-,20+,21-,22+,23-,24+,25+,26?/m0/s1. The minimum absolute atomic E-state index is 0.0681. The Labute approximate surface area is 236 Å². The lowest BCUT2D eigenvalue weighted by Crippen LogP contribution is -2.58. The monoisotopic (exact) mass is 567 g/mol. The van der Waals surface area contributed by atoms with Crippen LogP contribution in [0, 0.1) is 0 Å². The Morgan fingerprint density at radius 3 is 2.22 bits per heavy atom. The molecule has 2 aliphatic rings. The molecule has 8 atom stereocenters. The van der Waals surface area contributed by atoms with E-state index in [4.69, 9.17) is 25.3 Å². The van der Waals surface area contributed by atoms with Gasteiger partial charge in [-0.1, -0.05) is 70.9 Å². The van der Waals surface area contributed by atoms with Gasteiger partial charge in [0.1, 0.15) is 18.8 Å². The quantitative estimate of drug-likeness (QED) is 0.221. The number of amides is 1. The highest BCUT2D eigenvalue weighted by Gasteiger charge is 2.46. The molecule has 1 heterocycles. The lowest BCUT2D eigenvalue weighted by molar-refractivity contribution is -0.280. The number of benzene rings is 2. The van der Waals surface area contributed by atoms with Crippen LogP contribution in [0.2, 0.25) is 0 Å². The second-order valence-electron chi connectivity index (χ2n) is 10.0. The van der Waals surface area contributed by atoms with E-state index >= 15 is 0 Å². The zero-order valence-corrected chi connectivity index (χ0v) is 22.2. The van der Waals surface area contributed by atoms with Gasteiger partial charge in [0.25, 0.3) is 0 Å². The van der Waals surface area contributed by atoms with Crippen LogP contribution in [-0.2, 0) is 27.4 Å². The Morgan fingerprint density at radius 1 is 0.927 bits per heavy atom. The lowest BCUT2D eigenvalue weighted by atomic mass is 9.84. The third-order valence-corrected chi connectivity index (χ3v) is 7.16. The van der Waals surface area contributed by atoms with E-state index in [0.717, 1.165) is 11.1 Å². The summed E-state index contributed by atoms with van der Waals surface area (Å²) in [6.45, 7) is 0.486. The van der Waals surface area contributed by atoms with Crippen LogP contribution in [0.4, 0.5) is 4.79 Å². The number of azide groups is 2. The fourth-order valence-electron chi connectivity index (χ4n) is 5.02. The second-order valence-corrected chi connectivity index (χ2v) is 10.0. The maximum atomic E-state index is 13.2. The predicted octanol–water partition coefficient (Wildman–Crippen LogP) is 3.56. The van der Waals surface area contributed by atoms with Crippen molar-refractivity contribution in [1.29, 1.82) is 0 Å². The van der Waals surface area contributed by atoms with Gasteiger partial charge in [-0.3, -0.25) is 0 Å². The molecule has 1 aliphatic heterocycles. The molecular weight excluding hydrogens is 534 g/mol. The Morgan fingerprint density at radius 2 is 1.56 bits per heavy atom. The van der Waals surface area contributed by atoms with Crippen molar-refractivity contribution in [3.63, 3.8) is 0 Å². The number of aliphatic hydroxyl groups is 3. The molecule has 4 rings (SSSR count). The molecular formula is C27H33N7O7. The van der Waals surface area contributed by atoms with Crippen molar-refractivity contribution < 1.29 is 34.3 Å². The summed E-state index contributed by atoms with van der Waals surface area (Å²) in [6, 6.07) is 16.7. The van der Waals surface area contributed by atoms with E-state index < -0.39 is 55.0 Å². The predicted molar refractivity (Wildman–Crippen MR) is 145 cm³/mol. The zero-order valence-electron chi connectivity index (χ0n) is 22.2. The van der Waals surface area contributed by atoms with E-state index in [1.807, 2.05) is 60.7 Å². The number of rotatable bonds is 10. The normalized spacial score (nSPS) is 29.4. The number of hydrogen-bond donors (Lipinski definition) is 3. The van der Waals surface area contributed by atoms with Crippen LogP contribution in [0.15, 0.2) is 70.9 Å². The Kier molecular flexibility index (Phi) is 10.8. The molecule has 0 bridgehead atoms. The summed E-state index contributed by atoms with van der Waals surface area (Å²) in [4.78, 5) is 20.1. The minimum Gasteiger partial charge on any atom is -0.445 e. The van der Waals surface area contributed by atoms with Crippen molar-refractivity contribution in [3.05, 3.63) is 92.7 Å². The van der Waals surface area contributed by atoms with Crippen molar-refractivity contribution >= 4 is 6.09 Å². The molecule has 41 heavy (non-hydrogen) atoms. The number of ether oxygens (including phenoxy) is 3. The molecule has 1 unspecified atom stereocenters.